The van der Waals surface area contributed by atoms with Gasteiger partial charge in [0.15, 0.2) is 0 Å². The molecule has 0 radical (unpaired) electrons. The molecule has 0 aliphatic carbocycles. The van der Waals surface area contributed by atoms with Crippen molar-refractivity contribution in [2.45, 2.75) is 6.42 Å². The highest BCUT2D eigenvalue weighted by atomic mass is 16.5. The summed E-state index contributed by atoms with van der Waals surface area (Å²) in [5.41, 5.74) is 0.591. The molecule has 78 valence electrons. The lowest BCUT2D eigenvalue weighted by Gasteiger charge is -1.88. The predicted molar refractivity (Wildman–Crippen MR) is 51.3 cm³/mol. The Kier molecular flexibility index (Phi) is 3.52. The maximum atomic E-state index is 10.7. The first-order valence-corrected chi connectivity index (χ1v) is 4.11. The number of esters is 1. The van der Waals surface area contributed by atoms with E-state index in [2.05, 4.69) is 21.6 Å². The monoisotopic (exact) mass is 207 g/mol. The molecule has 1 rings (SSSR count). The van der Waals surface area contributed by atoms with Crippen molar-refractivity contribution in [2.24, 2.45) is 0 Å². The number of hydrogen-bond acceptors (Lipinski definition) is 3. The SMILES string of the molecule is COC(=O)CC#Cc1c[nH]c(C(=O)O)c1. The number of hydrogen-bond donors (Lipinski definition) is 2. The molecule has 15 heavy (non-hydrogen) atoms. The van der Waals surface area contributed by atoms with Crippen molar-refractivity contribution in [3.63, 3.8) is 0 Å². The van der Waals surface area contributed by atoms with Crippen LogP contribution in [0, 0.1) is 11.8 Å². The number of methoxy groups -OCH3 is 1. The Labute approximate surface area is 86.1 Å². The zero-order valence-corrected chi connectivity index (χ0v) is 8.03. The second kappa shape index (κ2) is 4.86. The molecular formula is C10H9NO4. The van der Waals surface area contributed by atoms with Crippen LogP contribution in [-0.4, -0.2) is 29.1 Å². The molecule has 0 aliphatic heterocycles. The van der Waals surface area contributed by atoms with Gasteiger partial charge < -0.3 is 14.8 Å². The van der Waals surface area contributed by atoms with Gasteiger partial charge in [0, 0.05) is 11.8 Å². The molecule has 5 nitrogen and oxygen atoms in total. The molecule has 0 atom stereocenters. The molecule has 0 unspecified atom stereocenters. The van der Waals surface area contributed by atoms with Gasteiger partial charge in [-0.3, -0.25) is 4.79 Å². The van der Waals surface area contributed by atoms with E-state index < -0.39 is 11.9 Å². The van der Waals surface area contributed by atoms with Crippen molar-refractivity contribution in [3.8, 4) is 11.8 Å². The van der Waals surface area contributed by atoms with Crippen molar-refractivity contribution in [2.75, 3.05) is 7.11 Å². The molecule has 0 saturated heterocycles. The number of carbonyl (C=O) groups excluding carboxylic acids is 1. The van der Waals surface area contributed by atoms with Crippen LogP contribution in [0.5, 0.6) is 0 Å². The largest absolute Gasteiger partial charge is 0.477 e. The Bertz CT molecular complexity index is 436. The summed E-state index contributed by atoms with van der Waals surface area (Å²) in [6.45, 7) is 0. The fourth-order valence-electron chi connectivity index (χ4n) is 0.881. The average Bonchev–Trinajstić information content (AvgIpc) is 2.66. The maximum Gasteiger partial charge on any atom is 0.352 e. The summed E-state index contributed by atoms with van der Waals surface area (Å²) in [5.74, 6) is 3.74. The van der Waals surface area contributed by atoms with Crippen LogP contribution in [0.4, 0.5) is 0 Å². The van der Waals surface area contributed by atoms with Crippen molar-refractivity contribution >= 4 is 11.9 Å². The summed E-state index contributed by atoms with van der Waals surface area (Å²) in [6.07, 6.45) is 1.46. The number of ether oxygens (including phenoxy) is 1. The normalized spacial score (nSPS) is 8.87. The number of aromatic amines is 1. The average molecular weight is 207 g/mol. The van der Waals surface area contributed by atoms with Crippen molar-refractivity contribution in [3.05, 3.63) is 23.5 Å². The molecule has 1 aromatic heterocycles. The molecule has 1 aromatic rings. The Morgan fingerprint density at radius 1 is 1.60 bits per heavy atom. The van der Waals surface area contributed by atoms with E-state index in [1.807, 2.05) is 0 Å². The van der Waals surface area contributed by atoms with Gasteiger partial charge in [0.05, 0.1) is 7.11 Å². The fourth-order valence-corrected chi connectivity index (χ4v) is 0.881. The Balaban J connectivity index is 2.64. The number of aromatic nitrogens is 1. The van der Waals surface area contributed by atoms with Crippen LogP contribution in [0.25, 0.3) is 0 Å². The minimum Gasteiger partial charge on any atom is -0.477 e. The second-order valence-electron chi connectivity index (χ2n) is 2.66. The lowest BCUT2D eigenvalue weighted by atomic mass is 10.3. The number of carboxylic acids is 1. The first-order valence-electron chi connectivity index (χ1n) is 4.11. The second-order valence-corrected chi connectivity index (χ2v) is 2.66. The van der Waals surface area contributed by atoms with Crippen LogP contribution in [0.2, 0.25) is 0 Å². The van der Waals surface area contributed by atoms with E-state index in [0.717, 1.165) is 0 Å². The zero-order chi connectivity index (χ0) is 11.3. The van der Waals surface area contributed by atoms with Gasteiger partial charge in [0.2, 0.25) is 0 Å². The molecule has 1 heterocycles. The zero-order valence-electron chi connectivity index (χ0n) is 8.03. The molecule has 0 aliphatic rings. The predicted octanol–water partition coefficient (Wildman–Crippen LogP) is 0.628. The third-order valence-electron chi connectivity index (χ3n) is 1.61. The van der Waals surface area contributed by atoms with Crippen molar-refractivity contribution in [1.29, 1.82) is 0 Å². The molecule has 5 heteroatoms. The number of carbonyl (C=O) groups is 2. The minimum absolute atomic E-state index is 0.00984. The topological polar surface area (TPSA) is 79.4 Å². The van der Waals surface area contributed by atoms with Gasteiger partial charge in [-0.05, 0) is 6.07 Å². The van der Waals surface area contributed by atoms with E-state index in [1.54, 1.807) is 0 Å². The van der Waals surface area contributed by atoms with Gasteiger partial charge in [-0.2, -0.15) is 0 Å². The van der Waals surface area contributed by atoms with E-state index in [1.165, 1.54) is 19.4 Å². The lowest BCUT2D eigenvalue weighted by molar-refractivity contribution is -0.139. The minimum atomic E-state index is -1.05. The smallest absolute Gasteiger partial charge is 0.352 e. The van der Waals surface area contributed by atoms with Gasteiger partial charge >= 0.3 is 11.9 Å². The highest BCUT2D eigenvalue weighted by molar-refractivity contribution is 5.86. The van der Waals surface area contributed by atoms with Crippen molar-refractivity contribution < 1.29 is 19.4 Å². The van der Waals surface area contributed by atoms with Crippen LogP contribution in [0.3, 0.4) is 0 Å². The summed E-state index contributed by atoms with van der Waals surface area (Å²) < 4.78 is 4.39. The molecule has 0 bridgehead atoms. The summed E-state index contributed by atoms with van der Waals surface area (Å²) >= 11 is 0. The van der Waals surface area contributed by atoms with Gasteiger partial charge in [0.1, 0.15) is 12.1 Å². The number of aromatic carboxylic acids is 1. The molecule has 0 saturated carbocycles. The van der Waals surface area contributed by atoms with Gasteiger partial charge in [-0.15, -0.1) is 0 Å². The maximum absolute atomic E-state index is 10.7. The van der Waals surface area contributed by atoms with E-state index in [-0.39, 0.29) is 12.1 Å². The number of carboxylic acid groups (broad SMARTS) is 1. The number of H-pyrrole nitrogens is 1. The van der Waals surface area contributed by atoms with Crippen LogP contribution in [0.15, 0.2) is 12.3 Å². The first kappa shape index (κ1) is 10.9. The quantitative estimate of drug-likeness (QED) is 0.550. The van der Waals surface area contributed by atoms with Gasteiger partial charge in [-0.1, -0.05) is 11.8 Å². The van der Waals surface area contributed by atoms with Gasteiger partial charge in [-0.25, -0.2) is 4.79 Å². The molecule has 0 spiro atoms. The molecule has 0 fully saturated rings. The molecule has 2 N–H and O–H groups in total. The van der Waals surface area contributed by atoms with Crippen LogP contribution in [-0.2, 0) is 9.53 Å². The third kappa shape index (κ3) is 3.19. The third-order valence-corrected chi connectivity index (χ3v) is 1.61. The molecule has 0 amide bonds. The first-order chi connectivity index (χ1) is 7.13. The fraction of sp³-hybridized carbons (Fsp3) is 0.200. The van der Waals surface area contributed by atoms with Crippen LogP contribution in [0.1, 0.15) is 22.5 Å². The van der Waals surface area contributed by atoms with Gasteiger partial charge in [0.25, 0.3) is 0 Å². The summed E-state index contributed by atoms with van der Waals surface area (Å²) in [5, 5.41) is 8.60. The Morgan fingerprint density at radius 3 is 2.87 bits per heavy atom. The van der Waals surface area contributed by atoms with E-state index in [9.17, 15) is 9.59 Å². The highest BCUT2D eigenvalue weighted by Crippen LogP contribution is 2.01. The molecular weight excluding hydrogens is 198 g/mol. The number of nitrogens with one attached hydrogen (secondary N) is 1. The standard InChI is InChI=1S/C10H9NO4/c1-15-9(12)4-2-3-7-5-8(10(13)14)11-6-7/h5-6,11H,4H2,1H3,(H,13,14). The van der Waals surface area contributed by atoms with Crippen LogP contribution >= 0.6 is 0 Å². The van der Waals surface area contributed by atoms with E-state index in [0.29, 0.717) is 5.56 Å². The van der Waals surface area contributed by atoms with E-state index in [4.69, 9.17) is 5.11 Å². The lowest BCUT2D eigenvalue weighted by Crippen LogP contribution is -1.96. The van der Waals surface area contributed by atoms with Crippen LogP contribution < -0.4 is 0 Å². The Hall–Kier alpha value is -2.22. The number of rotatable bonds is 2. The summed E-state index contributed by atoms with van der Waals surface area (Å²) in [7, 11) is 1.28. The molecule has 0 aromatic carbocycles. The van der Waals surface area contributed by atoms with Crippen molar-refractivity contribution in [1.82, 2.24) is 4.98 Å². The summed E-state index contributed by atoms with van der Waals surface area (Å²) in [6, 6.07) is 1.40. The van der Waals surface area contributed by atoms with E-state index >= 15 is 0 Å². The highest BCUT2D eigenvalue weighted by Gasteiger charge is 2.03. The summed E-state index contributed by atoms with van der Waals surface area (Å²) in [4.78, 5) is 23.7. The Morgan fingerprint density at radius 2 is 2.33 bits per heavy atom.